The van der Waals surface area contributed by atoms with Gasteiger partial charge in [0.1, 0.15) is 37.3 Å². The number of esters is 7. The fourth-order valence-electron chi connectivity index (χ4n) is 7.50. The number of carbonyl (C=O) groups excluding carboxylic acids is 7. The molecule has 3 aromatic rings. The molecule has 0 saturated carbocycles. The van der Waals surface area contributed by atoms with Gasteiger partial charge in [-0.15, -0.1) is 0 Å². The molecule has 18 nitrogen and oxygen atoms in total. The quantitative estimate of drug-likeness (QED) is 0.0742. The largest absolute Gasteiger partial charge is 0.463 e. The zero-order valence-corrected chi connectivity index (χ0v) is 44.1. The van der Waals surface area contributed by atoms with Crippen molar-refractivity contribution in [2.24, 2.45) is 0 Å². The summed E-state index contributed by atoms with van der Waals surface area (Å²) < 4.78 is 63.6. The van der Waals surface area contributed by atoms with Gasteiger partial charge in [-0.1, -0.05) is 92.8 Å². The van der Waals surface area contributed by atoms with Crippen molar-refractivity contribution in [3.63, 3.8) is 0 Å². The van der Waals surface area contributed by atoms with Gasteiger partial charge in [0.15, 0.2) is 30.7 Å². The first-order valence-corrected chi connectivity index (χ1v) is 23.7. The van der Waals surface area contributed by atoms with Crippen LogP contribution in [0.15, 0.2) is 36.4 Å². The van der Waals surface area contributed by atoms with Crippen LogP contribution in [0.4, 0.5) is 0 Å². The minimum atomic E-state index is -1.92. The van der Waals surface area contributed by atoms with E-state index in [9.17, 15) is 33.6 Å². The van der Waals surface area contributed by atoms with Crippen molar-refractivity contribution in [2.75, 3.05) is 13.2 Å². The van der Waals surface area contributed by atoms with E-state index < -0.39 is 116 Å². The summed E-state index contributed by atoms with van der Waals surface area (Å²) in [7, 11) is 0. The minimum Gasteiger partial charge on any atom is -0.463 e. The summed E-state index contributed by atoms with van der Waals surface area (Å²) >= 11 is 53.6. The molecule has 1 radical (unpaired) electrons. The van der Waals surface area contributed by atoms with Crippen LogP contribution in [0.3, 0.4) is 0 Å². The third-order valence-corrected chi connectivity index (χ3v) is 12.1. The second-order valence-electron chi connectivity index (χ2n) is 15.4. The van der Waals surface area contributed by atoms with Crippen LogP contribution in [0.2, 0.25) is 40.2 Å². The average molecular weight is 1150 g/mol. The molecule has 0 amide bonds. The van der Waals surface area contributed by atoms with Crippen LogP contribution in [0.1, 0.15) is 65.2 Å². The minimum absolute atomic E-state index is 0.0443. The van der Waals surface area contributed by atoms with Crippen LogP contribution in [-0.2, 0) is 80.9 Å². The Hall–Kier alpha value is -4.05. The maximum atomic E-state index is 13.0. The van der Waals surface area contributed by atoms with Gasteiger partial charge in [0.2, 0.25) is 12.4 Å². The lowest BCUT2D eigenvalue weighted by atomic mass is 9.84. The Morgan fingerprint density at radius 2 is 0.718 bits per heavy atom. The normalized spacial score (nSPS) is 24.0. The molecule has 2 fully saturated rings. The average Bonchev–Trinajstić information content (AvgIpc) is 3.21. The summed E-state index contributed by atoms with van der Waals surface area (Å²) in [5.41, 5.74) is 0.391. The lowest BCUT2D eigenvalue weighted by Crippen LogP contribution is -2.67. The lowest BCUT2D eigenvalue weighted by molar-refractivity contribution is -0.354. The molecule has 0 bridgehead atoms. The van der Waals surface area contributed by atoms with Crippen molar-refractivity contribution in [1.29, 1.82) is 0 Å². The van der Waals surface area contributed by atoms with Crippen molar-refractivity contribution in [1.82, 2.24) is 0 Å². The molecule has 10 atom stereocenters. The van der Waals surface area contributed by atoms with Gasteiger partial charge >= 0.3 is 41.8 Å². The third kappa shape index (κ3) is 15.0. The molecule has 26 heteroatoms. The van der Waals surface area contributed by atoms with Gasteiger partial charge < -0.3 is 52.1 Å². The summed E-state index contributed by atoms with van der Waals surface area (Å²) in [6, 6.07) is 8.19. The predicted molar refractivity (Wildman–Crippen MR) is 254 cm³/mol. The first-order valence-electron chi connectivity index (χ1n) is 20.7. The summed E-state index contributed by atoms with van der Waals surface area (Å²) in [6.07, 6.45) is -17.2. The SMILES string of the molecule is CC(=O)OC[C@H]1O[C@H](O[C@H]2[C@H](OC(C)=O)[C@@H](OC(C)=O)C(Oc3cc(Cl)c([C](c4c(Cl)cc(Cl)cc4Cl)c4c(Cl)cc(Cl)cc4Cl)c(Cl)c3)O[C@@H]2COC(C)=O)[C@H](OC(C)=O)[C@@H](OC(C)=O)[C@@H]1OC(C)=O. The molecule has 0 aromatic heterocycles. The first-order chi connectivity index (χ1) is 33.2. The Bertz CT molecular complexity index is 2420. The Balaban J connectivity index is 1.64. The van der Waals surface area contributed by atoms with Crippen LogP contribution < -0.4 is 4.74 Å². The van der Waals surface area contributed by atoms with Crippen LogP contribution in [0.5, 0.6) is 5.75 Å². The number of benzene rings is 3. The smallest absolute Gasteiger partial charge is 0.303 e. The van der Waals surface area contributed by atoms with Gasteiger partial charge in [0, 0.05) is 95.3 Å². The monoisotopic (exact) mass is 1150 g/mol. The van der Waals surface area contributed by atoms with E-state index >= 15 is 0 Å². The van der Waals surface area contributed by atoms with Crippen LogP contribution in [0, 0.1) is 5.92 Å². The molecule has 2 heterocycles. The Morgan fingerprint density at radius 3 is 1.10 bits per heavy atom. The molecular formula is C45H41Cl8O18. The Morgan fingerprint density at radius 1 is 0.408 bits per heavy atom. The molecule has 1 unspecified atom stereocenters. The van der Waals surface area contributed by atoms with Crippen molar-refractivity contribution < 1.29 is 85.7 Å². The van der Waals surface area contributed by atoms with Gasteiger partial charge in [-0.2, -0.15) is 0 Å². The van der Waals surface area contributed by atoms with Crippen LogP contribution >= 0.6 is 92.8 Å². The summed E-state index contributed by atoms with van der Waals surface area (Å²) in [5, 5.41) is 0.291. The van der Waals surface area contributed by atoms with E-state index in [1.165, 1.54) is 36.4 Å². The summed E-state index contributed by atoms with van der Waals surface area (Å²) in [5.74, 6) is -6.43. The Labute approximate surface area is 445 Å². The van der Waals surface area contributed by atoms with E-state index in [1.807, 2.05) is 0 Å². The predicted octanol–water partition coefficient (Wildman–Crippen LogP) is 8.93. The zero-order chi connectivity index (χ0) is 52.8. The summed E-state index contributed by atoms with van der Waals surface area (Å²) in [4.78, 5) is 87.7. The fraction of sp³-hybridized carbons (Fsp3) is 0.422. The second-order valence-corrected chi connectivity index (χ2v) is 18.7. The molecule has 5 rings (SSSR count). The molecule has 0 N–H and O–H groups in total. The van der Waals surface area contributed by atoms with Crippen molar-refractivity contribution in [3.8, 4) is 5.75 Å². The van der Waals surface area contributed by atoms with E-state index in [0.29, 0.717) is 0 Å². The van der Waals surface area contributed by atoms with E-state index in [4.69, 9.17) is 145 Å². The molecule has 385 valence electrons. The summed E-state index contributed by atoms with van der Waals surface area (Å²) in [6.45, 7) is 5.87. The van der Waals surface area contributed by atoms with Gasteiger partial charge in [-0.25, -0.2) is 0 Å². The standard InChI is InChI=1S/C45H41Cl8O18/c1-16(54)61-14-32-38(63-18(3)56)40(64-19(4)57)43(67-22(7)60)45(70-32)71-39-33(15-62-17(2)55)69-44(42(66-21(6)59)41(39)65-20(5)58)68-25-12-30(52)36(31(53)13-25)37(34-26(48)8-23(46)9-27(34)49)35-28(50)10-24(47)11-29(35)51/h8-13,32-33,38-45H,14-15H2,1-7H3/t32-,33-,38-,39-,40+,41+,42-,43-,44?,45-/m1/s1. The van der Waals surface area contributed by atoms with E-state index in [1.54, 1.807) is 0 Å². The molecule has 0 spiro atoms. The van der Waals surface area contributed by atoms with Crippen LogP contribution in [-0.4, -0.2) is 116 Å². The molecule has 2 aliphatic heterocycles. The van der Waals surface area contributed by atoms with E-state index in [-0.39, 0.29) is 68.5 Å². The molecule has 71 heavy (non-hydrogen) atoms. The number of halogens is 8. The third-order valence-electron chi connectivity index (χ3n) is 9.92. The highest BCUT2D eigenvalue weighted by Crippen LogP contribution is 2.50. The highest BCUT2D eigenvalue weighted by Gasteiger charge is 2.58. The molecule has 3 aromatic carbocycles. The lowest BCUT2D eigenvalue weighted by Gasteiger charge is -2.48. The highest BCUT2D eigenvalue weighted by molar-refractivity contribution is 6.43. The zero-order valence-electron chi connectivity index (χ0n) is 38.0. The van der Waals surface area contributed by atoms with E-state index in [0.717, 1.165) is 48.5 Å². The molecular weight excluding hydrogens is 1110 g/mol. The van der Waals surface area contributed by atoms with Gasteiger partial charge in [0.05, 0.1) is 16.0 Å². The maximum absolute atomic E-state index is 13.0. The van der Waals surface area contributed by atoms with Crippen molar-refractivity contribution >= 4 is 135 Å². The van der Waals surface area contributed by atoms with Gasteiger partial charge in [0.25, 0.3) is 0 Å². The number of hydrogen-bond donors (Lipinski definition) is 0. The molecule has 2 aliphatic rings. The Kier molecular flexibility index (Phi) is 20.6. The molecule has 0 aliphatic carbocycles. The topological polar surface area (TPSA) is 221 Å². The number of ether oxygens (including phenoxy) is 11. The van der Waals surface area contributed by atoms with Crippen LogP contribution in [0.25, 0.3) is 0 Å². The van der Waals surface area contributed by atoms with Gasteiger partial charge in [-0.05, 0) is 36.4 Å². The number of hydrogen-bond acceptors (Lipinski definition) is 18. The maximum Gasteiger partial charge on any atom is 0.303 e. The van der Waals surface area contributed by atoms with Crippen molar-refractivity contribution in [2.45, 2.75) is 110 Å². The number of carbonyl (C=O) groups is 7. The van der Waals surface area contributed by atoms with Crippen molar-refractivity contribution in [3.05, 3.63) is 99.2 Å². The molecule has 2 saturated heterocycles. The van der Waals surface area contributed by atoms with E-state index in [2.05, 4.69) is 0 Å². The number of rotatable bonds is 16. The fourth-order valence-corrected chi connectivity index (χ4v) is 10.2. The highest BCUT2D eigenvalue weighted by atomic mass is 35.5. The first kappa shape index (κ1) is 57.8. The second kappa shape index (κ2) is 25.3. The van der Waals surface area contributed by atoms with Gasteiger partial charge in [-0.3, -0.25) is 33.6 Å².